The summed E-state index contributed by atoms with van der Waals surface area (Å²) < 4.78 is 39.7. The molecular weight excluding hydrogens is 411 g/mol. The van der Waals surface area contributed by atoms with Crippen LogP contribution >= 0.6 is 0 Å². The minimum atomic E-state index is -3.28. The molecule has 31 heavy (non-hydrogen) atoms. The Bertz CT molecular complexity index is 993. The maximum atomic E-state index is 13.1. The molecule has 164 valence electrons. The molecule has 0 radical (unpaired) electrons. The Hall–Kier alpha value is -3.40. The Balaban J connectivity index is 1.63. The molecule has 10 heteroatoms. The summed E-state index contributed by atoms with van der Waals surface area (Å²) in [5, 5.41) is 15.2. The number of aliphatic hydroxyl groups is 1. The number of aromatic nitrogens is 3. The summed E-state index contributed by atoms with van der Waals surface area (Å²) in [5.41, 5.74) is 2.75. The van der Waals surface area contributed by atoms with E-state index in [0.29, 0.717) is 12.1 Å². The Morgan fingerprint density at radius 2 is 1.84 bits per heavy atom. The summed E-state index contributed by atoms with van der Waals surface area (Å²) in [4.78, 5) is 19.7. The Kier molecular flexibility index (Phi) is 7.24. The lowest BCUT2D eigenvalue weighted by Gasteiger charge is -2.22. The van der Waals surface area contributed by atoms with E-state index in [1.807, 2.05) is 29.9 Å². The van der Waals surface area contributed by atoms with Crippen LogP contribution in [0.15, 0.2) is 55.0 Å². The number of aryl methyl sites for hydroxylation is 1. The average molecular weight is 433 g/mol. The lowest BCUT2D eigenvalue weighted by Crippen LogP contribution is -2.43. The van der Waals surface area contributed by atoms with Gasteiger partial charge in [0.25, 0.3) is 5.91 Å². The molecule has 0 bridgehead atoms. The maximum Gasteiger partial charge on any atom is 0.315 e. The van der Waals surface area contributed by atoms with Gasteiger partial charge in [-0.1, -0.05) is 30.3 Å². The third kappa shape index (κ3) is 5.60. The van der Waals surface area contributed by atoms with E-state index in [-0.39, 0.29) is 0 Å². The number of nitrogens with zero attached hydrogens (tertiary/aromatic N) is 3. The lowest BCUT2D eigenvalue weighted by molar-refractivity contribution is -0.133. The molecule has 1 aromatic carbocycles. The fraction of sp³-hybridized carbons (Fsp3) is 0.286. The zero-order valence-electron chi connectivity index (χ0n) is 16.7. The molecule has 3 aromatic rings. The van der Waals surface area contributed by atoms with Crippen LogP contribution in [0.3, 0.4) is 0 Å². The Labute approximate surface area is 177 Å². The third-order valence-corrected chi connectivity index (χ3v) is 4.73. The second kappa shape index (κ2) is 10.1. The van der Waals surface area contributed by atoms with Gasteiger partial charge in [-0.3, -0.25) is 9.78 Å². The monoisotopic (exact) mass is 433 g/mol. The number of pyridine rings is 1. The molecular formula is C21H22F3N5O2. The van der Waals surface area contributed by atoms with Crippen molar-refractivity contribution in [2.75, 3.05) is 12.0 Å². The molecule has 2 aromatic heterocycles. The summed E-state index contributed by atoms with van der Waals surface area (Å²) in [7, 11) is 1.88. The highest BCUT2D eigenvalue weighted by atomic mass is 19.3. The van der Waals surface area contributed by atoms with Crippen molar-refractivity contribution in [3.63, 3.8) is 0 Å². The van der Waals surface area contributed by atoms with Gasteiger partial charge < -0.3 is 20.3 Å². The molecule has 3 rings (SSSR count). The van der Waals surface area contributed by atoms with E-state index < -0.39 is 31.2 Å². The van der Waals surface area contributed by atoms with Crippen molar-refractivity contribution in [2.45, 2.75) is 25.1 Å². The van der Waals surface area contributed by atoms with Crippen LogP contribution in [0, 0.1) is 0 Å². The number of aliphatic hydroxyl groups excluding tert-OH is 1. The van der Waals surface area contributed by atoms with Crippen LogP contribution in [0.25, 0.3) is 11.1 Å². The zero-order chi connectivity index (χ0) is 22.4. The first-order valence-electron chi connectivity index (χ1n) is 9.48. The SMILES string of the molecule is Cn1ccnc1NCc1ccc(-c2ccc([C@@H](O)[C@@H](CF)NC(=O)C(F)F)cc2)cn1. The van der Waals surface area contributed by atoms with Crippen LogP contribution in [0.5, 0.6) is 0 Å². The number of imidazole rings is 1. The molecule has 0 unspecified atom stereocenters. The second-order valence-corrected chi connectivity index (χ2v) is 6.89. The van der Waals surface area contributed by atoms with Crippen molar-refractivity contribution < 1.29 is 23.1 Å². The first-order chi connectivity index (χ1) is 14.9. The van der Waals surface area contributed by atoms with Gasteiger partial charge in [0.05, 0.1) is 18.3 Å². The average Bonchev–Trinajstić information content (AvgIpc) is 3.20. The number of amides is 1. The molecule has 7 nitrogen and oxygen atoms in total. The van der Waals surface area contributed by atoms with E-state index in [1.54, 1.807) is 42.0 Å². The minimum absolute atomic E-state index is 0.296. The predicted molar refractivity (Wildman–Crippen MR) is 109 cm³/mol. The van der Waals surface area contributed by atoms with Gasteiger partial charge in [0, 0.05) is 31.2 Å². The summed E-state index contributed by atoms with van der Waals surface area (Å²) >= 11 is 0. The molecule has 0 saturated carbocycles. The first-order valence-corrected chi connectivity index (χ1v) is 9.48. The van der Waals surface area contributed by atoms with E-state index in [0.717, 1.165) is 22.8 Å². The summed E-state index contributed by atoms with van der Waals surface area (Å²) in [6.07, 6.45) is 0.496. The number of anilines is 1. The summed E-state index contributed by atoms with van der Waals surface area (Å²) in [5.74, 6) is -0.891. The molecule has 0 aliphatic rings. The van der Waals surface area contributed by atoms with Crippen LogP contribution in [0.1, 0.15) is 17.4 Å². The molecule has 1 amide bonds. The van der Waals surface area contributed by atoms with Crippen LogP contribution < -0.4 is 10.6 Å². The number of hydrogen-bond donors (Lipinski definition) is 3. The van der Waals surface area contributed by atoms with Crippen molar-refractivity contribution in [1.29, 1.82) is 0 Å². The number of hydrogen-bond acceptors (Lipinski definition) is 5. The quantitative estimate of drug-likeness (QED) is 0.483. The maximum absolute atomic E-state index is 13.1. The summed E-state index contributed by atoms with van der Waals surface area (Å²) in [6, 6.07) is 8.80. The number of halogens is 3. The highest BCUT2D eigenvalue weighted by molar-refractivity contribution is 5.79. The smallest absolute Gasteiger partial charge is 0.315 e. The number of carbonyl (C=O) groups excluding carboxylic acids is 1. The van der Waals surface area contributed by atoms with E-state index >= 15 is 0 Å². The molecule has 0 saturated heterocycles. The van der Waals surface area contributed by atoms with Gasteiger partial charge >= 0.3 is 6.43 Å². The van der Waals surface area contributed by atoms with Crippen molar-refractivity contribution in [3.05, 3.63) is 66.2 Å². The standard InChI is InChI=1S/C21H22F3N5O2/c1-29-9-8-25-21(29)27-12-16-7-6-15(11-26-16)13-2-4-14(5-3-13)18(30)17(10-22)28-20(31)19(23)24/h2-9,11,17-19,30H,10,12H2,1H3,(H,25,27)(H,28,31)/t17-,18-/m1/s1. The molecule has 2 heterocycles. The van der Waals surface area contributed by atoms with E-state index in [1.165, 1.54) is 0 Å². The van der Waals surface area contributed by atoms with Gasteiger partial charge in [-0.2, -0.15) is 8.78 Å². The lowest BCUT2D eigenvalue weighted by atomic mass is 9.99. The van der Waals surface area contributed by atoms with E-state index in [4.69, 9.17) is 0 Å². The highest BCUT2D eigenvalue weighted by Gasteiger charge is 2.26. The fourth-order valence-corrected chi connectivity index (χ4v) is 2.96. The summed E-state index contributed by atoms with van der Waals surface area (Å²) in [6.45, 7) is -0.676. The Morgan fingerprint density at radius 1 is 1.13 bits per heavy atom. The normalized spacial score (nSPS) is 13.1. The van der Waals surface area contributed by atoms with Gasteiger partial charge in [-0.15, -0.1) is 0 Å². The van der Waals surface area contributed by atoms with E-state index in [2.05, 4.69) is 15.3 Å². The molecule has 0 spiro atoms. The van der Waals surface area contributed by atoms with Crippen LogP contribution in [-0.2, 0) is 18.4 Å². The van der Waals surface area contributed by atoms with E-state index in [9.17, 15) is 23.1 Å². The van der Waals surface area contributed by atoms with Crippen molar-refractivity contribution in [1.82, 2.24) is 19.9 Å². The molecule has 0 aliphatic heterocycles. The molecule has 2 atom stereocenters. The Morgan fingerprint density at radius 3 is 2.39 bits per heavy atom. The van der Waals surface area contributed by atoms with Gasteiger partial charge in [0.2, 0.25) is 5.95 Å². The predicted octanol–water partition coefficient (Wildman–Crippen LogP) is 2.85. The molecule has 0 aliphatic carbocycles. The number of alkyl halides is 3. The van der Waals surface area contributed by atoms with Crippen LogP contribution in [0.4, 0.5) is 19.1 Å². The van der Waals surface area contributed by atoms with Gasteiger partial charge in [-0.05, 0) is 17.2 Å². The zero-order valence-corrected chi connectivity index (χ0v) is 16.7. The van der Waals surface area contributed by atoms with Crippen molar-refractivity contribution in [3.8, 4) is 11.1 Å². The van der Waals surface area contributed by atoms with Crippen molar-refractivity contribution in [2.24, 2.45) is 7.05 Å². The van der Waals surface area contributed by atoms with Gasteiger partial charge in [0.15, 0.2) is 0 Å². The fourth-order valence-electron chi connectivity index (χ4n) is 2.96. The van der Waals surface area contributed by atoms with Crippen LogP contribution in [0.2, 0.25) is 0 Å². The number of carbonyl (C=O) groups is 1. The third-order valence-electron chi connectivity index (χ3n) is 4.73. The number of rotatable bonds is 9. The van der Waals surface area contributed by atoms with Gasteiger partial charge in [0.1, 0.15) is 12.8 Å². The molecule has 0 fully saturated rings. The topological polar surface area (TPSA) is 92.1 Å². The second-order valence-electron chi connectivity index (χ2n) is 6.89. The van der Waals surface area contributed by atoms with Crippen molar-refractivity contribution >= 4 is 11.9 Å². The minimum Gasteiger partial charge on any atom is -0.386 e. The highest BCUT2D eigenvalue weighted by Crippen LogP contribution is 2.24. The number of nitrogens with one attached hydrogen (secondary N) is 2. The molecule has 3 N–H and O–H groups in total. The number of benzene rings is 1. The van der Waals surface area contributed by atoms with Crippen LogP contribution in [-0.4, -0.2) is 44.7 Å². The largest absolute Gasteiger partial charge is 0.386 e. The first kappa shape index (κ1) is 22.3. The van der Waals surface area contributed by atoms with Gasteiger partial charge in [-0.25, -0.2) is 9.37 Å².